The molecule has 31 heavy (non-hydrogen) atoms. The van der Waals surface area contributed by atoms with Gasteiger partial charge in [0.15, 0.2) is 5.16 Å². The van der Waals surface area contributed by atoms with Gasteiger partial charge in [-0.1, -0.05) is 43.0 Å². The molecule has 1 heterocycles. The number of imide groups is 1. The van der Waals surface area contributed by atoms with E-state index in [0.717, 1.165) is 23.7 Å². The van der Waals surface area contributed by atoms with Crippen LogP contribution in [-0.2, 0) is 16.0 Å². The van der Waals surface area contributed by atoms with E-state index in [4.69, 9.17) is 4.74 Å². The normalized spacial score (nSPS) is 10.8. The second-order valence-corrected chi connectivity index (χ2v) is 7.60. The Bertz CT molecular complexity index is 1130. The van der Waals surface area contributed by atoms with Crippen LogP contribution in [0.5, 0.6) is 0 Å². The van der Waals surface area contributed by atoms with Gasteiger partial charge >= 0.3 is 6.03 Å². The monoisotopic (exact) mass is 440 g/mol. The van der Waals surface area contributed by atoms with Gasteiger partial charge in [0.2, 0.25) is 5.91 Å². The molecule has 3 rings (SSSR count). The second-order valence-electron chi connectivity index (χ2n) is 6.66. The number of hydrogen-bond acceptors (Lipinski definition) is 6. The first-order valence-corrected chi connectivity index (χ1v) is 10.8. The summed E-state index contributed by atoms with van der Waals surface area (Å²) in [4.78, 5) is 41.7. The Morgan fingerprint density at radius 3 is 2.58 bits per heavy atom. The smallest absolute Gasteiger partial charge is 0.321 e. The average molecular weight is 441 g/mol. The topological polar surface area (TPSA) is 102 Å². The number of nitrogens with zero attached hydrogens (tertiary/aromatic N) is 2. The number of thioether (sulfide) groups is 1. The van der Waals surface area contributed by atoms with E-state index in [1.54, 1.807) is 24.3 Å². The largest absolute Gasteiger partial charge is 0.383 e. The van der Waals surface area contributed by atoms with Gasteiger partial charge in [0.25, 0.3) is 5.56 Å². The van der Waals surface area contributed by atoms with Gasteiger partial charge in [-0.05, 0) is 36.2 Å². The summed E-state index contributed by atoms with van der Waals surface area (Å²) in [5.74, 6) is -0.564. The van der Waals surface area contributed by atoms with Gasteiger partial charge < -0.3 is 10.1 Å². The number of hydrogen-bond donors (Lipinski definition) is 2. The number of aryl methyl sites for hydroxylation is 1. The molecule has 0 radical (unpaired) electrons. The van der Waals surface area contributed by atoms with Gasteiger partial charge in [-0.3, -0.25) is 19.5 Å². The van der Waals surface area contributed by atoms with Gasteiger partial charge in [0, 0.05) is 13.7 Å². The lowest BCUT2D eigenvalue weighted by molar-refractivity contribution is -0.117. The Hall–Kier alpha value is -3.17. The molecule has 0 aliphatic heterocycles. The van der Waals surface area contributed by atoms with E-state index in [9.17, 15) is 14.4 Å². The molecule has 0 aliphatic rings. The maximum absolute atomic E-state index is 13.2. The second kappa shape index (κ2) is 10.7. The number of amides is 3. The highest BCUT2D eigenvalue weighted by Gasteiger charge is 2.15. The van der Waals surface area contributed by atoms with Crippen molar-refractivity contribution < 1.29 is 14.3 Å². The summed E-state index contributed by atoms with van der Waals surface area (Å²) in [6, 6.07) is 14.1. The first-order valence-electron chi connectivity index (χ1n) is 9.84. The van der Waals surface area contributed by atoms with Crippen molar-refractivity contribution in [2.45, 2.75) is 18.5 Å². The predicted molar refractivity (Wildman–Crippen MR) is 121 cm³/mol. The molecule has 0 fully saturated rings. The van der Waals surface area contributed by atoms with Gasteiger partial charge in [0.1, 0.15) is 0 Å². The van der Waals surface area contributed by atoms with Crippen LogP contribution >= 0.6 is 11.8 Å². The van der Waals surface area contributed by atoms with Crippen LogP contribution in [-0.4, -0.2) is 47.5 Å². The zero-order valence-corrected chi connectivity index (χ0v) is 18.2. The standard InChI is InChI=1S/C22H24N4O4S/c1-3-15-8-10-16(11-9-15)26-20(28)17-6-4-5-7-18(17)24-22(26)31-14-19(27)25-21(29)23-12-13-30-2/h4-11H,3,12-14H2,1-2H3,(H2,23,25,27,29). The molecule has 0 spiro atoms. The molecule has 8 nitrogen and oxygen atoms in total. The molecule has 0 aliphatic carbocycles. The molecule has 3 amide bonds. The molecule has 2 N–H and O–H groups in total. The van der Waals surface area contributed by atoms with Crippen LogP contribution in [0.4, 0.5) is 4.79 Å². The minimum atomic E-state index is -0.596. The summed E-state index contributed by atoms with van der Waals surface area (Å²) >= 11 is 1.09. The lowest BCUT2D eigenvalue weighted by atomic mass is 10.1. The molecule has 0 saturated carbocycles. The third-order valence-corrected chi connectivity index (χ3v) is 5.46. The summed E-state index contributed by atoms with van der Waals surface area (Å²) in [6.07, 6.45) is 0.888. The van der Waals surface area contributed by atoms with E-state index in [-0.39, 0.29) is 11.3 Å². The lowest BCUT2D eigenvalue weighted by Crippen LogP contribution is -2.41. The van der Waals surface area contributed by atoms with Gasteiger partial charge in [0.05, 0.1) is 29.0 Å². The Labute approximate surface area is 184 Å². The number of para-hydroxylation sites is 1. The van der Waals surface area contributed by atoms with Crippen LogP contribution in [0, 0.1) is 0 Å². The Kier molecular flexibility index (Phi) is 7.80. The zero-order chi connectivity index (χ0) is 22.2. The maximum Gasteiger partial charge on any atom is 0.321 e. The molecule has 0 unspecified atom stereocenters. The minimum absolute atomic E-state index is 0.0739. The van der Waals surface area contributed by atoms with Crippen LogP contribution < -0.4 is 16.2 Å². The molecule has 162 valence electrons. The van der Waals surface area contributed by atoms with Crippen molar-refractivity contribution >= 4 is 34.6 Å². The summed E-state index contributed by atoms with van der Waals surface area (Å²) in [5, 5.41) is 5.64. The number of carbonyl (C=O) groups excluding carboxylic acids is 2. The van der Waals surface area contributed by atoms with Crippen LogP contribution in [0.25, 0.3) is 16.6 Å². The van der Waals surface area contributed by atoms with Crippen molar-refractivity contribution in [3.63, 3.8) is 0 Å². The molecule has 0 atom stereocenters. The molecule has 0 saturated heterocycles. The van der Waals surface area contributed by atoms with Crippen molar-refractivity contribution in [3.05, 3.63) is 64.4 Å². The fourth-order valence-corrected chi connectivity index (χ4v) is 3.73. The fraction of sp³-hybridized carbons (Fsp3) is 0.273. The van der Waals surface area contributed by atoms with E-state index in [2.05, 4.69) is 22.5 Å². The number of nitrogens with one attached hydrogen (secondary N) is 2. The number of fused-ring (bicyclic) bond motifs is 1. The fourth-order valence-electron chi connectivity index (χ4n) is 2.92. The maximum atomic E-state index is 13.2. The molecular formula is C22H24N4O4S. The molecular weight excluding hydrogens is 416 g/mol. The third kappa shape index (κ3) is 5.71. The van der Waals surface area contributed by atoms with E-state index in [1.165, 1.54) is 11.7 Å². The van der Waals surface area contributed by atoms with Crippen molar-refractivity contribution in [2.75, 3.05) is 26.0 Å². The zero-order valence-electron chi connectivity index (χ0n) is 17.4. The molecule has 2 aromatic carbocycles. The first-order chi connectivity index (χ1) is 15.0. The SMILES string of the molecule is CCc1ccc(-n2c(SCC(=O)NC(=O)NCCOC)nc3ccccc3c2=O)cc1. The number of aromatic nitrogens is 2. The summed E-state index contributed by atoms with van der Waals surface area (Å²) in [5.41, 5.74) is 2.16. The number of methoxy groups -OCH3 is 1. The quantitative estimate of drug-likeness (QED) is 0.317. The van der Waals surface area contributed by atoms with E-state index in [0.29, 0.717) is 34.9 Å². The Morgan fingerprint density at radius 1 is 1.13 bits per heavy atom. The van der Waals surface area contributed by atoms with Crippen LogP contribution in [0.2, 0.25) is 0 Å². The number of rotatable bonds is 8. The summed E-state index contributed by atoms with van der Waals surface area (Å²) in [7, 11) is 1.52. The highest BCUT2D eigenvalue weighted by Crippen LogP contribution is 2.21. The number of urea groups is 1. The molecule has 3 aromatic rings. The predicted octanol–water partition coefficient (Wildman–Crippen LogP) is 2.51. The molecule has 9 heteroatoms. The summed E-state index contributed by atoms with van der Waals surface area (Å²) in [6.45, 7) is 2.70. The van der Waals surface area contributed by atoms with Crippen molar-refractivity contribution in [3.8, 4) is 5.69 Å². The van der Waals surface area contributed by atoms with Crippen molar-refractivity contribution in [2.24, 2.45) is 0 Å². The summed E-state index contributed by atoms with van der Waals surface area (Å²) < 4.78 is 6.34. The molecule has 0 bridgehead atoms. The van der Waals surface area contributed by atoms with Gasteiger partial charge in [-0.2, -0.15) is 0 Å². The lowest BCUT2D eigenvalue weighted by Gasteiger charge is -2.13. The van der Waals surface area contributed by atoms with Gasteiger partial charge in [-0.15, -0.1) is 0 Å². The van der Waals surface area contributed by atoms with E-state index < -0.39 is 11.9 Å². The third-order valence-electron chi connectivity index (χ3n) is 4.52. The minimum Gasteiger partial charge on any atom is -0.383 e. The Balaban J connectivity index is 1.85. The van der Waals surface area contributed by atoms with Crippen LogP contribution in [0.1, 0.15) is 12.5 Å². The number of benzene rings is 2. The highest BCUT2D eigenvalue weighted by molar-refractivity contribution is 7.99. The highest BCUT2D eigenvalue weighted by atomic mass is 32.2. The van der Waals surface area contributed by atoms with E-state index >= 15 is 0 Å². The Morgan fingerprint density at radius 2 is 1.87 bits per heavy atom. The van der Waals surface area contributed by atoms with Gasteiger partial charge in [-0.25, -0.2) is 9.78 Å². The van der Waals surface area contributed by atoms with Crippen LogP contribution in [0.15, 0.2) is 58.5 Å². The van der Waals surface area contributed by atoms with Crippen LogP contribution in [0.3, 0.4) is 0 Å². The van der Waals surface area contributed by atoms with E-state index in [1.807, 2.05) is 24.3 Å². The van der Waals surface area contributed by atoms with Crippen molar-refractivity contribution in [1.82, 2.24) is 20.2 Å². The average Bonchev–Trinajstić information content (AvgIpc) is 2.78. The van der Waals surface area contributed by atoms with Crippen molar-refractivity contribution in [1.29, 1.82) is 0 Å². The number of carbonyl (C=O) groups is 2. The first kappa shape index (κ1) is 22.5. The number of ether oxygens (including phenoxy) is 1. The molecule has 1 aromatic heterocycles.